The van der Waals surface area contributed by atoms with Crippen molar-refractivity contribution in [1.29, 1.82) is 5.41 Å². The third-order valence-electron chi connectivity index (χ3n) is 6.93. The second-order valence-corrected chi connectivity index (χ2v) is 12.5. The van der Waals surface area contributed by atoms with E-state index < -0.39 is 40.7 Å². The molecule has 2 aliphatic rings. The quantitative estimate of drug-likeness (QED) is 0.271. The summed E-state index contributed by atoms with van der Waals surface area (Å²) in [6.45, 7) is 13.1. The first kappa shape index (κ1) is 31.7. The number of nitrogens with one attached hydrogen (secondary N) is 2. The first-order valence-corrected chi connectivity index (χ1v) is 13.8. The molecule has 3 N–H and O–H groups in total. The summed E-state index contributed by atoms with van der Waals surface area (Å²) in [7, 11) is 0. The topological polar surface area (TPSA) is 159 Å². The summed E-state index contributed by atoms with van der Waals surface area (Å²) in [5.41, 5.74) is -3.40. The van der Waals surface area contributed by atoms with Crippen LogP contribution in [0.4, 0.5) is 9.59 Å². The molecule has 1 aromatic carbocycles. The van der Waals surface area contributed by atoms with E-state index in [0.29, 0.717) is 37.4 Å². The zero-order chi connectivity index (χ0) is 30.8. The molecule has 3 rings (SSSR count). The van der Waals surface area contributed by atoms with Crippen molar-refractivity contribution >= 4 is 29.9 Å². The predicted molar refractivity (Wildman–Crippen MR) is 150 cm³/mol. The summed E-state index contributed by atoms with van der Waals surface area (Å²) < 4.78 is 17.5. The third-order valence-corrected chi connectivity index (χ3v) is 6.93. The lowest BCUT2D eigenvalue weighted by Crippen LogP contribution is -2.67. The zero-order valence-corrected chi connectivity index (χ0v) is 25.0. The first-order chi connectivity index (χ1) is 18.9. The third kappa shape index (κ3) is 7.47. The van der Waals surface area contributed by atoms with Crippen LogP contribution >= 0.6 is 0 Å². The van der Waals surface area contributed by atoms with Gasteiger partial charge in [0.25, 0.3) is 0 Å². The van der Waals surface area contributed by atoms with Crippen LogP contribution in [0, 0.1) is 11.3 Å². The molecule has 41 heavy (non-hydrogen) atoms. The Bertz CT molecular complexity index is 1190. The van der Waals surface area contributed by atoms with Crippen molar-refractivity contribution in [1.82, 2.24) is 15.1 Å². The summed E-state index contributed by atoms with van der Waals surface area (Å²) in [4.78, 5) is 53.9. The molecule has 0 spiro atoms. The number of piperidine rings is 1. The number of hydrogen-bond acceptors (Lipinski definition) is 8. The highest BCUT2D eigenvalue weighted by Crippen LogP contribution is 2.41. The molecule has 226 valence electrons. The number of carboxylic acid groups (broad SMARTS) is 1. The summed E-state index contributed by atoms with van der Waals surface area (Å²) in [5.74, 6) is -1.11. The fourth-order valence-corrected chi connectivity index (χ4v) is 5.06. The number of carbonyl (C=O) groups excluding carboxylic acids is 3. The highest BCUT2D eigenvalue weighted by molar-refractivity contribution is 6.15. The Morgan fingerprint density at radius 2 is 1.63 bits per heavy atom. The van der Waals surface area contributed by atoms with Crippen LogP contribution in [-0.2, 0) is 31.0 Å². The molecule has 2 heterocycles. The minimum absolute atomic E-state index is 0.0280. The molecular weight excluding hydrogens is 532 g/mol. The number of hydrogen-bond donors (Lipinski definition) is 3. The molecule has 0 aliphatic carbocycles. The van der Waals surface area contributed by atoms with E-state index in [0.717, 1.165) is 17.7 Å². The number of rotatable bonds is 5. The fourth-order valence-electron chi connectivity index (χ4n) is 5.06. The van der Waals surface area contributed by atoms with Crippen LogP contribution in [0.15, 0.2) is 18.2 Å². The maximum Gasteiger partial charge on any atom is 0.411 e. The van der Waals surface area contributed by atoms with Crippen LogP contribution in [0.1, 0.15) is 72.4 Å². The van der Waals surface area contributed by atoms with E-state index in [2.05, 4.69) is 0 Å². The molecule has 1 saturated heterocycles. The highest BCUT2D eigenvalue weighted by Gasteiger charge is 2.58. The van der Waals surface area contributed by atoms with Crippen LogP contribution in [0.25, 0.3) is 0 Å². The number of likely N-dealkylation sites (tertiary alicyclic amines) is 1. The Morgan fingerprint density at radius 1 is 1.02 bits per heavy atom. The maximum absolute atomic E-state index is 14.1. The van der Waals surface area contributed by atoms with Crippen LogP contribution in [-0.4, -0.2) is 82.2 Å². The largest absolute Gasteiger partial charge is 0.493 e. The van der Waals surface area contributed by atoms with Gasteiger partial charge in [-0.1, -0.05) is 6.07 Å². The van der Waals surface area contributed by atoms with E-state index in [9.17, 15) is 24.3 Å². The van der Waals surface area contributed by atoms with E-state index in [1.54, 1.807) is 71.6 Å². The van der Waals surface area contributed by atoms with E-state index in [4.69, 9.17) is 19.6 Å². The number of ether oxygens (including phenoxy) is 3. The molecule has 0 saturated carbocycles. The van der Waals surface area contributed by atoms with Gasteiger partial charge in [0, 0.05) is 32.1 Å². The summed E-state index contributed by atoms with van der Waals surface area (Å²) in [6.07, 6.45) is -0.575. The number of esters is 1. The molecule has 0 bridgehead atoms. The van der Waals surface area contributed by atoms with Gasteiger partial charge in [-0.15, -0.1) is 0 Å². The molecule has 1 fully saturated rings. The van der Waals surface area contributed by atoms with Crippen LogP contribution in [0.3, 0.4) is 0 Å². The SMILES string of the molecule is CC(=O)N1CCC(COc2ccc3c(c2)C(C(=N)NC(=O)O)(C(=O)OC(C)(C)C)N(C(=O)OC(C)(C)C)CC3)CC1. The van der Waals surface area contributed by atoms with Crippen molar-refractivity contribution in [2.75, 3.05) is 26.2 Å². The summed E-state index contributed by atoms with van der Waals surface area (Å²) in [5, 5.41) is 20.4. The summed E-state index contributed by atoms with van der Waals surface area (Å²) in [6, 6.07) is 5.07. The number of nitrogens with zero attached hydrogens (tertiary/aromatic N) is 2. The van der Waals surface area contributed by atoms with Crippen LogP contribution < -0.4 is 10.1 Å². The van der Waals surface area contributed by atoms with Gasteiger partial charge >= 0.3 is 18.2 Å². The molecule has 12 nitrogen and oxygen atoms in total. The lowest BCUT2D eigenvalue weighted by molar-refractivity contribution is -0.166. The van der Waals surface area contributed by atoms with Gasteiger partial charge in [0.1, 0.15) is 22.8 Å². The predicted octanol–water partition coefficient (Wildman–Crippen LogP) is 3.90. The van der Waals surface area contributed by atoms with Gasteiger partial charge in [-0.25, -0.2) is 14.4 Å². The van der Waals surface area contributed by atoms with Gasteiger partial charge in [-0.2, -0.15) is 0 Å². The van der Waals surface area contributed by atoms with Crippen molar-refractivity contribution in [2.45, 2.75) is 84.5 Å². The van der Waals surface area contributed by atoms with Crippen molar-refractivity contribution in [2.24, 2.45) is 5.92 Å². The van der Waals surface area contributed by atoms with Gasteiger partial charge in [0.2, 0.25) is 11.4 Å². The number of fused-ring (bicyclic) bond motifs is 1. The minimum atomic E-state index is -2.28. The number of carbonyl (C=O) groups is 4. The fraction of sp³-hybridized carbons (Fsp3) is 0.621. The van der Waals surface area contributed by atoms with Gasteiger partial charge in [0.15, 0.2) is 0 Å². The Balaban J connectivity index is 2.07. The van der Waals surface area contributed by atoms with Crippen molar-refractivity contribution in [3.8, 4) is 5.75 Å². The van der Waals surface area contributed by atoms with Crippen LogP contribution in [0.2, 0.25) is 0 Å². The van der Waals surface area contributed by atoms with Crippen molar-refractivity contribution in [3.63, 3.8) is 0 Å². The molecule has 1 unspecified atom stereocenters. The Morgan fingerprint density at radius 3 is 2.17 bits per heavy atom. The smallest absolute Gasteiger partial charge is 0.411 e. The number of amides is 3. The van der Waals surface area contributed by atoms with Crippen molar-refractivity contribution in [3.05, 3.63) is 29.3 Å². The molecular formula is C29H42N4O8. The molecule has 3 amide bonds. The maximum atomic E-state index is 14.1. The molecule has 1 aromatic rings. The van der Waals surface area contributed by atoms with Crippen LogP contribution in [0.5, 0.6) is 5.75 Å². The van der Waals surface area contributed by atoms with Gasteiger partial charge in [-0.3, -0.25) is 20.4 Å². The van der Waals surface area contributed by atoms with E-state index in [1.165, 1.54) is 0 Å². The van der Waals surface area contributed by atoms with E-state index in [1.807, 2.05) is 5.32 Å². The monoisotopic (exact) mass is 574 g/mol. The second kappa shape index (κ2) is 12.0. The Hall–Kier alpha value is -3.83. The Kier molecular flexibility index (Phi) is 9.24. The molecule has 1 atom stereocenters. The second-order valence-electron chi connectivity index (χ2n) is 12.5. The van der Waals surface area contributed by atoms with Gasteiger partial charge in [-0.05, 0) is 84.4 Å². The first-order valence-electron chi connectivity index (χ1n) is 13.8. The minimum Gasteiger partial charge on any atom is -0.493 e. The van der Waals surface area contributed by atoms with E-state index in [-0.39, 0.29) is 23.9 Å². The normalized spacial score (nSPS) is 19.6. The average Bonchev–Trinajstić information content (AvgIpc) is 2.84. The van der Waals surface area contributed by atoms with E-state index >= 15 is 0 Å². The zero-order valence-electron chi connectivity index (χ0n) is 25.0. The molecule has 2 aliphatic heterocycles. The highest BCUT2D eigenvalue weighted by atomic mass is 16.6. The lowest BCUT2D eigenvalue weighted by Gasteiger charge is -2.46. The summed E-state index contributed by atoms with van der Waals surface area (Å²) >= 11 is 0. The van der Waals surface area contributed by atoms with Gasteiger partial charge < -0.3 is 24.2 Å². The molecule has 0 aromatic heterocycles. The van der Waals surface area contributed by atoms with Gasteiger partial charge in [0.05, 0.1) is 6.61 Å². The Labute approximate surface area is 240 Å². The number of benzene rings is 1. The lowest BCUT2D eigenvalue weighted by atomic mass is 9.79. The average molecular weight is 575 g/mol. The molecule has 12 heteroatoms. The standard InChI is InChI=1S/C29H42N4O8/c1-18(34)32-13-10-19(11-14-32)17-39-21-9-8-20-12-15-33(26(38)41-28(5,6)7)29(22(20)16-21,23(30)31-25(36)37)24(35)40-27(2,3)4/h8-9,16,19H,10-15,17H2,1-7H3,(H2,30,31)(H,36,37). The number of amidine groups is 1. The van der Waals surface area contributed by atoms with Crippen molar-refractivity contribution < 1.29 is 38.5 Å². The molecule has 0 radical (unpaired) electrons.